The topological polar surface area (TPSA) is 50.5 Å². The predicted octanol–water partition coefficient (Wildman–Crippen LogP) is 5.31. The highest BCUT2D eigenvalue weighted by Gasteiger charge is 2.41. The van der Waals surface area contributed by atoms with Gasteiger partial charge in [-0.15, -0.1) is 0 Å². The van der Waals surface area contributed by atoms with Gasteiger partial charge in [-0.3, -0.25) is 4.98 Å². The summed E-state index contributed by atoms with van der Waals surface area (Å²) in [4.78, 5) is 6.72. The molecule has 4 rings (SSSR count). The van der Waals surface area contributed by atoms with E-state index in [4.69, 9.17) is 33.0 Å². The third kappa shape index (κ3) is 4.21. The first-order valence-electron chi connectivity index (χ1n) is 9.91. The Hall–Kier alpha value is -2.41. The molecule has 5 nitrogen and oxygen atoms in total. The van der Waals surface area contributed by atoms with Gasteiger partial charge in [-0.2, -0.15) is 0 Å². The number of methoxy groups -OCH3 is 1. The number of nitrogens with zero attached hydrogens (tertiary/aromatic N) is 2. The van der Waals surface area contributed by atoms with Crippen molar-refractivity contribution in [3.8, 4) is 11.3 Å². The molecule has 0 saturated carbocycles. The molecule has 0 spiro atoms. The lowest BCUT2D eigenvalue weighted by molar-refractivity contribution is 0.177. The molecule has 2 atom stereocenters. The van der Waals surface area contributed by atoms with Crippen LogP contribution < -0.4 is 5.32 Å². The number of thiocarbonyl (C=S) groups is 1. The highest BCUT2D eigenvalue weighted by Crippen LogP contribution is 2.40. The molecular formula is C23H24ClN3O2S. The van der Waals surface area contributed by atoms with Crippen molar-refractivity contribution in [2.24, 2.45) is 0 Å². The molecule has 3 aromatic rings. The average Bonchev–Trinajstić information content (AvgIpc) is 3.36. The number of hydrogen-bond donors (Lipinski definition) is 1. The lowest BCUT2D eigenvalue weighted by atomic mass is 10.0. The highest BCUT2D eigenvalue weighted by molar-refractivity contribution is 7.80. The molecule has 7 heteroatoms. The van der Waals surface area contributed by atoms with Gasteiger partial charge >= 0.3 is 0 Å². The van der Waals surface area contributed by atoms with Gasteiger partial charge in [0.2, 0.25) is 0 Å². The Morgan fingerprint density at radius 2 is 2.10 bits per heavy atom. The molecule has 1 saturated heterocycles. The van der Waals surface area contributed by atoms with Gasteiger partial charge in [-0.25, -0.2) is 0 Å². The fourth-order valence-electron chi connectivity index (χ4n) is 3.75. The summed E-state index contributed by atoms with van der Waals surface area (Å²) >= 11 is 12.0. The summed E-state index contributed by atoms with van der Waals surface area (Å²) in [5.74, 6) is 1.61. The zero-order valence-electron chi connectivity index (χ0n) is 17.0. The minimum Gasteiger partial charge on any atom is -0.459 e. The van der Waals surface area contributed by atoms with Gasteiger partial charge in [0, 0.05) is 37.0 Å². The van der Waals surface area contributed by atoms with E-state index in [0.29, 0.717) is 11.7 Å². The van der Waals surface area contributed by atoms with Crippen molar-refractivity contribution in [1.82, 2.24) is 15.2 Å². The van der Waals surface area contributed by atoms with E-state index in [1.165, 1.54) is 0 Å². The number of pyridine rings is 1. The minimum atomic E-state index is -0.0982. The molecule has 0 radical (unpaired) electrons. The molecule has 1 fully saturated rings. The first-order chi connectivity index (χ1) is 14.6. The lowest BCUT2D eigenvalue weighted by Crippen LogP contribution is -2.31. The molecule has 0 unspecified atom stereocenters. The molecular weight excluding hydrogens is 418 g/mol. The third-order valence-corrected chi connectivity index (χ3v) is 6.08. The first-order valence-corrected chi connectivity index (χ1v) is 10.7. The largest absolute Gasteiger partial charge is 0.459 e. The molecule has 1 N–H and O–H groups in total. The van der Waals surface area contributed by atoms with Crippen LogP contribution in [0.15, 0.2) is 59.1 Å². The quantitative estimate of drug-likeness (QED) is 0.396. The highest BCUT2D eigenvalue weighted by atomic mass is 35.5. The molecule has 2 aromatic heterocycles. The van der Waals surface area contributed by atoms with Crippen molar-refractivity contribution < 1.29 is 9.15 Å². The van der Waals surface area contributed by atoms with Gasteiger partial charge in [0.25, 0.3) is 0 Å². The maximum absolute atomic E-state index is 6.33. The smallest absolute Gasteiger partial charge is 0.170 e. The van der Waals surface area contributed by atoms with E-state index >= 15 is 0 Å². The number of rotatable bonds is 7. The van der Waals surface area contributed by atoms with Crippen LogP contribution in [0, 0.1) is 6.92 Å². The van der Waals surface area contributed by atoms with Crippen molar-refractivity contribution in [1.29, 1.82) is 0 Å². The standard InChI is InChI=1S/C23H24ClN3O2S/c1-15-7-8-16(14-17(15)24)19-9-10-20(29-19)22-21(18-6-3-4-11-25-18)26-23(30)27(22)12-5-13-28-2/h3-4,6-11,14,21-22H,5,12-13H2,1-2H3,(H,26,30)/t21-,22+/m0/s1. The van der Waals surface area contributed by atoms with Gasteiger partial charge < -0.3 is 19.4 Å². The molecule has 30 heavy (non-hydrogen) atoms. The Labute approximate surface area is 187 Å². The zero-order chi connectivity index (χ0) is 21.1. The molecule has 0 amide bonds. The van der Waals surface area contributed by atoms with Crippen LogP contribution in [0.25, 0.3) is 11.3 Å². The Morgan fingerprint density at radius 1 is 1.23 bits per heavy atom. The summed E-state index contributed by atoms with van der Waals surface area (Å²) in [6, 6.07) is 15.7. The average molecular weight is 442 g/mol. The van der Waals surface area contributed by atoms with Gasteiger partial charge in [-0.05, 0) is 61.5 Å². The molecule has 1 aliphatic heterocycles. The first kappa shape index (κ1) is 20.8. The van der Waals surface area contributed by atoms with Crippen LogP contribution in [0.5, 0.6) is 0 Å². The summed E-state index contributed by atoms with van der Waals surface area (Å²) in [5.41, 5.74) is 2.91. The second-order valence-electron chi connectivity index (χ2n) is 7.33. The number of nitrogens with one attached hydrogen (secondary N) is 1. The van der Waals surface area contributed by atoms with Crippen LogP contribution in [0.3, 0.4) is 0 Å². The van der Waals surface area contributed by atoms with Gasteiger partial charge in [0.1, 0.15) is 17.6 Å². The van der Waals surface area contributed by atoms with E-state index in [0.717, 1.165) is 46.3 Å². The summed E-state index contributed by atoms with van der Waals surface area (Å²) in [6.45, 7) is 3.42. The van der Waals surface area contributed by atoms with Crippen molar-refractivity contribution in [2.75, 3.05) is 20.3 Å². The second kappa shape index (κ2) is 9.16. The van der Waals surface area contributed by atoms with Crippen LogP contribution in [-0.4, -0.2) is 35.3 Å². The number of aromatic nitrogens is 1. The number of furan rings is 1. The van der Waals surface area contributed by atoms with E-state index < -0.39 is 0 Å². The van der Waals surface area contributed by atoms with Crippen LogP contribution in [0.2, 0.25) is 5.02 Å². The van der Waals surface area contributed by atoms with E-state index in [1.54, 1.807) is 13.3 Å². The van der Waals surface area contributed by atoms with Gasteiger partial charge in [0.15, 0.2) is 5.11 Å². The fraction of sp³-hybridized carbons (Fsp3) is 0.304. The van der Waals surface area contributed by atoms with Crippen LogP contribution in [0.4, 0.5) is 0 Å². The number of aryl methyl sites for hydroxylation is 1. The fourth-order valence-corrected chi connectivity index (χ4v) is 4.26. The van der Waals surface area contributed by atoms with Crippen molar-refractivity contribution in [3.05, 3.63) is 76.8 Å². The summed E-state index contributed by atoms with van der Waals surface area (Å²) < 4.78 is 11.6. The van der Waals surface area contributed by atoms with Crippen LogP contribution in [0.1, 0.15) is 35.5 Å². The summed E-state index contributed by atoms with van der Waals surface area (Å²) in [5, 5.41) is 4.86. The maximum atomic E-state index is 6.33. The number of halogens is 1. The predicted molar refractivity (Wildman–Crippen MR) is 123 cm³/mol. The molecule has 1 aliphatic rings. The normalized spacial score (nSPS) is 18.6. The Morgan fingerprint density at radius 3 is 2.83 bits per heavy atom. The SMILES string of the molecule is COCCCN1C(=S)N[C@@H](c2ccccn2)[C@H]1c1ccc(-c2ccc(C)c(Cl)c2)o1. The molecule has 156 valence electrons. The lowest BCUT2D eigenvalue weighted by Gasteiger charge is -2.26. The Kier molecular flexibility index (Phi) is 6.37. The van der Waals surface area contributed by atoms with E-state index in [2.05, 4.69) is 15.2 Å². The van der Waals surface area contributed by atoms with Gasteiger partial charge in [-0.1, -0.05) is 29.8 Å². The van der Waals surface area contributed by atoms with Crippen LogP contribution >= 0.6 is 23.8 Å². The van der Waals surface area contributed by atoms with Crippen molar-refractivity contribution in [2.45, 2.75) is 25.4 Å². The molecule has 3 heterocycles. The van der Waals surface area contributed by atoms with E-state index in [9.17, 15) is 0 Å². The van der Waals surface area contributed by atoms with Crippen molar-refractivity contribution >= 4 is 28.9 Å². The molecule has 0 bridgehead atoms. The zero-order valence-corrected chi connectivity index (χ0v) is 18.5. The molecule has 0 aliphatic carbocycles. The number of benzene rings is 1. The Balaban J connectivity index is 1.68. The number of ether oxygens (including phenoxy) is 1. The van der Waals surface area contributed by atoms with E-state index in [1.807, 2.05) is 55.5 Å². The monoisotopic (exact) mass is 441 g/mol. The van der Waals surface area contributed by atoms with E-state index in [-0.39, 0.29) is 12.1 Å². The summed E-state index contributed by atoms with van der Waals surface area (Å²) in [7, 11) is 1.71. The maximum Gasteiger partial charge on any atom is 0.170 e. The number of hydrogen-bond acceptors (Lipinski definition) is 4. The Bertz CT molecular complexity index is 1020. The third-order valence-electron chi connectivity index (χ3n) is 5.32. The summed E-state index contributed by atoms with van der Waals surface area (Å²) in [6.07, 6.45) is 2.66. The van der Waals surface area contributed by atoms with Crippen molar-refractivity contribution in [3.63, 3.8) is 0 Å². The van der Waals surface area contributed by atoms with Gasteiger partial charge in [0.05, 0.1) is 11.7 Å². The minimum absolute atomic E-state index is 0.0955. The van der Waals surface area contributed by atoms with Crippen LogP contribution in [-0.2, 0) is 4.74 Å². The second-order valence-corrected chi connectivity index (χ2v) is 8.13. The molecule has 1 aromatic carbocycles.